The summed E-state index contributed by atoms with van der Waals surface area (Å²) in [5.74, 6) is 0. The van der Waals surface area contributed by atoms with Gasteiger partial charge in [-0.15, -0.1) is 11.3 Å². The van der Waals surface area contributed by atoms with Crippen molar-refractivity contribution in [3.63, 3.8) is 0 Å². The summed E-state index contributed by atoms with van der Waals surface area (Å²) in [7, 11) is 0. The van der Waals surface area contributed by atoms with Crippen LogP contribution in [-0.2, 0) is 13.0 Å². The molecule has 3 aromatic rings. The van der Waals surface area contributed by atoms with Gasteiger partial charge in [-0.25, -0.2) is 0 Å². The third-order valence-corrected chi connectivity index (χ3v) is 4.17. The fourth-order valence-electron chi connectivity index (χ4n) is 2.31. The Kier molecular flexibility index (Phi) is 3.31. The fourth-order valence-corrected chi connectivity index (χ4v) is 2.93. The van der Waals surface area contributed by atoms with E-state index in [-0.39, 0.29) is 6.04 Å². The number of thiazole rings is 1. The summed E-state index contributed by atoms with van der Waals surface area (Å²) >= 11 is 1.60. The first kappa shape index (κ1) is 12.3. The zero-order valence-corrected chi connectivity index (χ0v) is 11.6. The van der Waals surface area contributed by atoms with Crippen LogP contribution in [0.3, 0.4) is 0 Å². The zero-order valence-electron chi connectivity index (χ0n) is 10.8. The van der Waals surface area contributed by atoms with E-state index in [0.29, 0.717) is 0 Å². The molecule has 2 heterocycles. The number of aryl methyl sites for hydroxylation is 1. The van der Waals surface area contributed by atoms with E-state index in [0.717, 1.165) is 23.5 Å². The van der Waals surface area contributed by atoms with Crippen LogP contribution in [0, 0.1) is 0 Å². The van der Waals surface area contributed by atoms with Gasteiger partial charge in [0.05, 0.1) is 16.7 Å². The first-order chi connectivity index (χ1) is 9.29. The van der Waals surface area contributed by atoms with Crippen LogP contribution in [0.2, 0.25) is 0 Å². The molecule has 2 N–H and O–H groups in total. The van der Waals surface area contributed by atoms with Gasteiger partial charge in [0.1, 0.15) is 0 Å². The number of para-hydroxylation sites is 1. The van der Waals surface area contributed by atoms with Crippen LogP contribution < -0.4 is 5.73 Å². The van der Waals surface area contributed by atoms with Crippen molar-refractivity contribution in [3.05, 3.63) is 46.5 Å². The molecule has 0 amide bonds. The van der Waals surface area contributed by atoms with Gasteiger partial charge >= 0.3 is 0 Å². The smallest absolute Gasteiger partial charge is 0.0794 e. The first-order valence-electron chi connectivity index (χ1n) is 6.38. The molecule has 2 aromatic heterocycles. The normalized spacial score (nSPS) is 12.9. The second kappa shape index (κ2) is 5.11. The van der Waals surface area contributed by atoms with E-state index in [1.807, 2.05) is 28.5 Å². The van der Waals surface area contributed by atoms with Crippen molar-refractivity contribution in [1.29, 1.82) is 0 Å². The number of benzene rings is 1. The first-order valence-corrected chi connectivity index (χ1v) is 7.26. The summed E-state index contributed by atoms with van der Waals surface area (Å²) in [6.07, 6.45) is 2.59. The van der Waals surface area contributed by atoms with Gasteiger partial charge in [-0.2, -0.15) is 5.10 Å². The van der Waals surface area contributed by atoms with Crippen LogP contribution in [0.4, 0.5) is 0 Å². The SMILES string of the molecule is CCn1nc(CC(N)c2cncs2)c2ccccc21. The Morgan fingerprint density at radius 2 is 2.21 bits per heavy atom. The Balaban J connectivity index is 1.97. The van der Waals surface area contributed by atoms with Crippen molar-refractivity contribution >= 4 is 22.2 Å². The molecule has 0 saturated carbocycles. The van der Waals surface area contributed by atoms with Crippen LogP contribution >= 0.6 is 11.3 Å². The number of aromatic nitrogens is 3. The van der Waals surface area contributed by atoms with Gasteiger partial charge in [-0.1, -0.05) is 18.2 Å². The zero-order chi connectivity index (χ0) is 13.2. The highest BCUT2D eigenvalue weighted by Gasteiger charge is 2.14. The van der Waals surface area contributed by atoms with Crippen LogP contribution in [0.5, 0.6) is 0 Å². The number of hydrogen-bond acceptors (Lipinski definition) is 4. The summed E-state index contributed by atoms with van der Waals surface area (Å²) in [5, 5.41) is 5.88. The van der Waals surface area contributed by atoms with Crippen molar-refractivity contribution < 1.29 is 0 Å². The predicted molar refractivity (Wildman–Crippen MR) is 78.2 cm³/mol. The molecule has 0 fully saturated rings. The summed E-state index contributed by atoms with van der Waals surface area (Å²) in [4.78, 5) is 5.19. The third kappa shape index (κ3) is 2.27. The van der Waals surface area contributed by atoms with E-state index in [1.54, 1.807) is 11.3 Å². The standard InChI is InChI=1S/C14H16N4S/c1-2-18-13-6-4-3-5-10(13)12(17-18)7-11(15)14-8-16-9-19-14/h3-6,8-9,11H,2,7,15H2,1H3. The van der Waals surface area contributed by atoms with E-state index in [1.165, 1.54) is 10.9 Å². The van der Waals surface area contributed by atoms with Gasteiger partial charge in [0, 0.05) is 35.5 Å². The summed E-state index contributed by atoms with van der Waals surface area (Å²) in [5.41, 5.74) is 10.3. The van der Waals surface area contributed by atoms with E-state index in [2.05, 4.69) is 29.1 Å². The Bertz CT molecular complexity index is 672. The molecule has 1 atom stereocenters. The molecular formula is C14H16N4S. The van der Waals surface area contributed by atoms with Crippen LogP contribution in [0.25, 0.3) is 10.9 Å². The molecule has 0 radical (unpaired) electrons. The molecule has 1 aromatic carbocycles. The lowest BCUT2D eigenvalue weighted by Crippen LogP contribution is -2.12. The molecule has 98 valence electrons. The Labute approximate surface area is 115 Å². The summed E-state index contributed by atoms with van der Waals surface area (Å²) < 4.78 is 2.03. The molecule has 4 nitrogen and oxygen atoms in total. The molecule has 1 unspecified atom stereocenters. The van der Waals surface area contributed by atoms with Crippen molar-refractivity contribution in [1.82, 2.24) is 14.8 Å². The molecule has 0 aliphatic rings. The molecular weight excluding hydrogens is 256 g/mol. The van der Waals surface area contributed by atoms with Gasteiger partial charge in [0.2, 0.25) is 0 Å². The van der Waals surface area contributed by atoms with Gasteiger partial charge in [-0.05, 0) is 13.0 Å². The van der Waals surface area contributed by atoms with E-state index >= 15 is 0 Å². The van der Waals surface area contributed by atoms with Crippen molar-refractivity contribution in [3.8, 4) is 0 Å². The maximum Gasteiger partial charge on any atom is 0.0794 e. The number of nitrogens with zero attached hydrogens (tertiary/aromatic N) is 3. The highest BCUT2D eigenvalue weighted by atomic mass is 32.1. The number of hydrogen-bond donors (Lipinski definition) is 1. The monoisotopic (exact) mass is 272 g/mol. The second-order valence-corrected chi connectivity index (χ2v) is 5.41. The van der Waals surface area contributed by atoms with Gasteiger partial charge in [0.25, 0.3) is 0 Å². The average Bonchev–Trinajstić information content (AvgIpc) is 3.07. The van der Waals surface area contributed by atoms with Gasteiger partial charge < -0.3 is 5.73 Å². The number of nitrogens with two attached hydrogens (primary N) is 1. The van der Waals surface area contributed by atoms with Crippen LogP contribution in [0.15, 0.2) is 36.0 Å². The van der Waals surface area contributed by atoms with Crippen molar-refractivity contribution in [2.45, 2.75) is 25.9 Å². The van der Waals surface area contributed by atoms with Crippen molar-refractivity contribution in [2.75, 3.05) is 0 Å². The molecule has 0 aliphatic heterocycles. The molecule has 3 rings (SSSR count). The minimum Gasteiger partial charge on any atom is -0.323 e. The van der Waals surface area contributed by atoms with Crippen LogP contribution in [-0.4, -0.2) is 14.8 Å². The summed E-state index contributed by atoms with van der Waals surface area (Å²) in [6.45, 7) is 2.97. The lowest BCUT2D eigenvalue weighted by Gasteiger charge is -2.06. The molecule has 0 aliphatic carbocycles. The topological polar surface area (TPSA) is 56.7 Å². The largest absolute Gasteiger partial charge is 0.323 e. The number of rotatable bonds is 4. The molecule has 0 bridgehead atoms. The summed E-state index contributed by atoms with van der Waals surface area (Å²) in [6, 6.07) is 8.28. The second-order valence-electron chi connectivity index (χ2n) is 4.49. The Morgan fingerprint density at radius 3 is 2.95 bits per heavy atom. The minimum atomic E-state index is -0.0314. The molecule has 5 heteroatoms. The van der Waals surface area contributed by atoms with E-state index in [9.17, 15) is 0 Å². The highest BCUT2D eigenvalue weighted by molar-refractivity contribution is 7.09. The lowest BCUT2D eigenvalue weighted by atomic mass is 10.1. The molecule has 0 saturated heterocycles. The van der Waals surface area contributed by atoms with E-state index < -0.39 is 0 Å². The lowest BCUT2D eigenvalue weighted by molar-refractivity contribution is 0.645. The van der Waals surface area contributed by atoms with Crippen molar-refractivity contribution in [2.24, 2.45) is 5.73 Å². The number of fused-ring (bicyclic) bond motifs is 1. The maximum atomic E-state index is 6.23. The van der Waals surface area contributed by atoms with Gasteiger partial charge in [0.15, 0.2) is 0 Å². The molecule has 19 heavy (non-hydrogen) atoms. The maximum absolute atomic E-state index is 6.23. The predicted octanol–water partition coefficient (Wildman–Crippen LogP) is 2.76. The van der Waals surface area contributed by atoms with E-state index in [4.69, 9.17) is 5.73 Å². The Morgan fingerprint density at radius 1 is 1.37 bits per heavy atom. The van der Waals surface area contributed by atoms with Crippen LogP contribution in [0.1, 0.15) is 23.5 Å². The third-order valence-electron chi connectivity index (χ3n) is 3.26. The quantitative estimate of drug-likeness (QED) is 0.794. The van der Waals surface area contributed by atoms with Gasteiger partial charge in [-0.3, -0.25) is 9.67 Å². The Hall–Kier alpha value is -1.72. The highest BCUT2D eigenvalue weighted by Crippen LogP contribution is 2.24. The fraction of sp³-hybridized carbons (Fsp3) is 0.286. The minimum absolute atomic E-state index is 0.0314. The average molecular weight is 272 g/mol. The molecule has 0 spiro atoms.